The molecule has 1 aromatic heterocycles. The zero-order valence-corrected chi connectivity index (χ0v) is 8.79. The molecule has 0 saturated heterocycles. The standard InChI is InChI=1S/C9H8ClF3N2O/c10-3-1-2-4-15-8(9(11,12)13)5-7(6-16)14-15/h1-2,5-6H,3-4H2. The van der Waals surface area contributed by atoms with E-state index in [0.717, 1.165) is 0 Å². The van der Waals surface area contributed by atoms with Gasteiger partial charge in [-0.05, 0) is 6.07 Å². The topological polar surface area (TPSA) is 34.9 Å². The highest BCUT2D eigenvalue weighted by atomic mass is 35.5. The molecule has 1 rings (SSSR count). The molecule has 0 aromatic carbocycles. The fraction of sp³-hybridized carbons (Fsp3) is 0.333. The number of hydrogen-bond donors (Lipinski definition) is 0. The first-order chi connectivity index (χ1) is 7.49. The van der Waals surface area contributed by atoms with Gasteiger partial charge in [0.1, 0.15) is 11.4 Å². The molecular formula is C9H8ClF3N2O. The molecule has 0 aliphatic rings. The summed E-state index contributed by atoms with van der Waals surface area (Å²) in [6.07, 6.45) is -1.30. The molecule has 1 aromatic rings. The van der Waals surface area contributed by atoms with Gasteiger partial charge in [0.05, 0.1) is 6.54 Å². The maximum absolute atomic E-state index is 12.5. The van der Waals surface area contributed by atoms with Gasteiger partial charge in [-0.25, -0.2) is 0 Å². The Hall–Kier alpha value is -1.30. The van der Waals surface area contributed by atoms with E-state index in [9.17, 15) is 18.0 Å². The third-order valence-electron chi connectivity index (χ3n) is 1.74. The lowest BCUT2D eigenvalue weighted by Gasteiger charge is -2.07. The van der Waals surface area contributed by atoms with Gasteiger partial charge >= 0.3 is 6.18 Å². The lowest BCUT2D eigenvalue weighted by Crippen LogP contribution is -2.14. The Morgan fingerprint density at radius 2 is 2.12 bits per heavy atom. The number of rotatable bonds is 4. The summed E-state index contributed by atoms with van der Waals surface area (Å²) in [6, 6.07) is 0.710. The summed E-state index contributed by atoms with van der Waals surface area (Å²) in [4.78, 5) is 10.3. The van der Waals surface area contributed by atoms with Crippen molar-refractivity contribution in [3.63, 3.8) is 0 Å². The minimum Gasteiger partial charge on any atom is -0.296 e. The Bertz CT molecular complexity index is 398. The summed E-state index contributed by atoms with van der Waals surface area (Å²) >= 11 is 5.34. The molecule has 1 heterocycles. The molecule has 0 saturated carbocycles. The van der Waals surface area contributed by atoms with Crippen molar-refractivity contribution < 1.29 is 18.0 Å². The van der Waals surface area contributed by atoms with E-state index in [2.05, 4.69) is 5.10 Å². The van der Waals surface area contributed by atoms with Crippen LogP contribution in [0.4, 0.5) is 13.2 Å². The second kappa shape index (κ2) is 5.16. The van der Waals surface area contributed by atoms with E-state index in [4.69, 9.17) is 11.6 Å². The Morgan fingerprint density at radius 3 is 2.62 bits per heavy atom. The molecule has 0 aliphatic heterocycles. The molecule has 0 aliphatic carbocycles. The van der Waals surface area contributed by atoms with Crippen LogP contribution >= 0.6 is 11.6 Å². The third-order valence-corrected chi connectivity index (χ3v) is 1.92. The lowest BCUT2D eigenvalue weighted by atomic mass is 10.3. The number of carbonyl (C=O) groups excluding carboxylic acids is 1. The largest absolute Gasteiger partial charge is 0.433 e. The molecule has 16 heavy (non-hydrogen) atoms. The third kappa shape index (κ3) is 3.10. The first-order valence-corrected chi connectivity index (χ1v) is 4.83. The predicted octanol–water partition coefficient (Wildman–Crippen LogP) is 2.51. The first-order valence-electron chi connectivity index (χ1n) is 4.30. The summed E-state index contributed by atoms with van der Waals surface area (Å²) in [5, 5.41) is 3.50. The van der Waals surface area contributed by atoms with Gasteiger partial charge in [0.15, 0.2) is 6.29 Å². The van der Waals surface area contributed by atoms with Gasteiger partial charge in [-0.1, -0.05) is 12.2 Å². The molecule has 0 bridgehead atoms. The van der Waals surface area contributed by atoms with Crippen molar-refractivity contribution >= 4 is 17.9 Å². The molecule has 0 N–H and O–H groups in total. The van der Waals surface area contributed by atoms with Crippen molar-refractivity contribution in [2.24, 2.45) is 0 Å². The van der Waals surface area contributed by atoms with Crippen LogP contribution in [0.2, 0.25) is 0 Å². The van der Waals surface area contributed by atoms with Crippen molar-refractivity contribution in [2.45, 2.75) is 12.7 Å². The number of allylic oxidation sites excluding steroid dienone is 2. The fourth-order valence-corrected chi connectivity index (χ4v) is 1.23. The van der Waals surface area contributed by atoms with Gasteiger partial charge in [0, 0.05) is 5.88 Å². The molecular weight excluding hydrogens is 245 g/mol. The van der Waals surface area contributed by atoms with E-state index in [-0.39, 0.29) is 24.4 Å². The van der Waals surface area contributed by atoms with Gasteiger partial charge < -0.3 is 0 Å². The van der Waals surface area contributed by atoms with Crippen LogP contribution in [0.3, 0.4) is 0 Å². The number of carbonyl (C=O) groups is 1. The van der Waals surface area contributed by atoms with Crippen LogP contribution in [0.1, 0.15) is 16.2 Å². The molecule has 0 amide bonds. The highest BCUT2D eigenvalue weighted by Gasteiger charge is 2.35. The number of nitrogens with zero attached hydrogens (tertiary/aromatic N) is 2. The van der Waals surface area contributed by atoms with Crippen LogP contribution in [0, 0.1) is 0 Å². The summed E-state index contributed by atoms with van der Waals surface area (Å²) in [7, 11) is 0. The van der Waals surface area contributed by atoms with E-state index in [1.165, 1.54) is 12.2 Å². The van der Waals surface area contributed by atoms with Crippen molar-refractivity contribution in [1.82, 2.24) is 9.78 Å². The van der Waals surface area contributed by atoms with Gasteiger partial charge in [-0.2, -0.15) is 18.3 Å². The van der Waals surface area contributed by atoms with Crippen molar-refractivity contribution in [3.8, 4) is 0 Å². The molecule has 0 radical (unpaired) electrons. The van der Waals surface area contributed by atoms with E-state index in [0.29, 0.717) is 10.7 Å². The molecule has 0 spiro atoms. The highest BCUT2D eigenvalue weighted by Crippen LogP contribution is 2.29. The SMILES string of the molecule is O=Cc1cc(C(F)(F)F)n(CC=CCCl)n1. The van der Waals surface area contributed by atoms with Crippen LogP contribution in [0.25, 0.3) is 0 Å². The Labute approximate surface area is 94.5 Å². The smallest absolute Gasteiger partial charge is 0.296 e. The maximum Gasteiger partial charge on any atom is 0.433 e. The fourth-order valence-electron chi connectivity index (χ4n) is 1.10. The lowest BCUT2D eigenvalue weighted by molar-refractivity contribution is -0.144. The van der Waals surface area contributed by atoms with Crippen LogP contribution in [0.5, 0.6) is 0 Å². The summed E-state index contributed by atoms with van der Waals surface area (Å²) in [6.45, 7) is -0.0740. The summed E-state index contributed by atoms with van der Waals surface area (Å²) < 4.78 is 38.2. The molecule has 3 nitrogen and oxygen atoms in total. The van der Waals surface area contributed by atoms with E-state index < -0.39 is 11.9 Å². The van der Waals surface area contributed by atoms with Gasteiger partial charge in [0.2, 0.25) is 0 Å². The number of hydrogen-bond acceptors (Lipinski definition) is 2. The second-order valence-corrected chi connectivity index (χ2v) is 3.19. The zero-order chi connectivity index (χ0) is 12.2. The average molecular weight is 253 g/mol. The Kier molecular flexibility index (Phi) is 4.12. The quantitative estimate of drug-likeness (QED) is 0.469. The van der Waals surface area contributed by atoms with Gasteiger partial charge in [-0.3, -0.25) is 9.48 Å². The van der Waals surface area contributed by atoms with E-state index >= 15 is 0 Å². The number of aromatic nitrogens is 2. The second-order valence-electron chi connectivity index (χ2n) is 2.88. The number of halogens is 4. The number of aldehydes is 1. The minimum absolute atomic E-state index is 0.0740. The Morgan fingerprint density at radius 1 is 1.44 bits per heavy atom. The molecule has 88 valence electrons. The number of alkyl halides is 4. The van der Waals surface area contributed by atoms with Crippen LogP contribution < -0.4 is 0 Å². The van der Waals surface area contributed by atoms with E-state index in [1.807, 2.05) is 0 Å². The predicted molar refractivity (Wildman–Crippen MR) is 52.5 cm³/mol. The average Bonchev–Trinajstić information content (AvgIpc) is 2.61. The highest BCUT2D eigenvalue weighted by molar-refractivity contribution is 6.18. The van der Waals surface area contributed by atoms with Crippen LogP contribution in [0.15, 0.2) is 18.2 Å². The zero-order valence-electron chi connectivity index (χ0n) is 8.04. The van der Waals surface area contributed by atoms with E-state index in [1.54, 1.807) is 0 Å². The molecule has 0 fully saturated rings. The molecule has 0 atom stereocenters. The molecule has 7 heteroatoms. The minimum atomic E-state index is -4.52. The monoisotopic (exact) mass is 252 g/mol. The van der Waals surface area contributed by atoms with Crippen LogP contribution in [-0.4, -0.2) is 21.9 Å². The van der Waals surface area contributed by atoms with Crippen molar-refractivity contribution in [1.29, 1.82) is 0 Å². The summed E-state index contributed by atoms with van der Waals surface area (Å²) in [5.41, 5.74) is -1.19. The maximum atomic E-state index is 12.5. The van der Waals surface area contributed by atoms with Gasteiger partial charge in [0.25, 0.3) is 0 Å². The first kappa shape index (κ1) is 12.8. The van der Waals surface area contributed by atoms with Crippen molar-refractivity contribution in [2.75, 3.05) is 5.88 Å². The summed E-state index contributed by atoms with van der Waals surface area (Å²) in [5.74, 6) is 0.211. The van der Waals surface area contributed by atoms with Gasteiger partial charge in [-0.15, -0.1) is 11.6 Å². The van der Waals surface area contributed by atoms with Crippen LogP contribution in [-0.2, 0) is 12.7 Å². The van der Waals surface area contributed by atoms with Crippen molar-refractivity contribution in [3.05, 3.63) is 29.6 Å². The molecule has 0 unspecified atom stereocenters. The normalized spacial score (nSPS) is 12.2. The Balaban J connectivity index is 3.01.